The minimum Gasteiger partial charge on any atom is -0.493 e. The normalized spacial score (nSPS) is 26.5. The molecule has 3 rings (SSSR count). The van der Waals surface area contributed by atoms with Crippen LogP contribution in [0.3, 0.4) is 0 Å². The Morgan fingerprint density at radius 3 is 2.52 bits per heavy atom. The maximum Gasteiger partial charge on any atom is 0.189 e. The van der Waals surface area contributed by atoms with Gasteiger partial charge in [0.15, 0.2) is 16.9 Å². The molecule has 31 heavy (non-hydrogen) atoms. The molecule has 1 heterocycles. The van der Waals surface area contributed by atoms with Gasteiger partial charge in [-0.1, -0.05) is 13.0 Å². The zero-order valence-corrected chi connectivity index (χ0v) is 18.2. The van der Waals surface area contributed by atoms with E-state index in [1.165, 1.54) is 4.90 Å². The van der Waals surface area contributed by atoms with Crippen molar-refractivity contribution in [2.24, 2.45) is 17.3 Å². The Labute approximate surface area is 183 Å². The van der Waals surface area contributed by atoms with Gasteiger partial charge >= 0.3 is 0 Å². The molecule has 2 aliphatic rings. The summed E-state index contributed by atoms with van der Waals surface area (Å²) in [7, 11) is 1.56. The molecule has 1 aromatic carbocycles. The molecule has 0 saturated heterocycles. The Kier molecular flexibility index (Phi) is 6.64. The maximum atomic E-state index is 10.2. The van der Waals surface area contributed by atoms with Crippen molar-refractivity contribution in [3.05, 3.63) is 35.4 Å². The number of hydrogen-bond acceptors (Lipinski definition) is 6. The molecule has 1 saturated carbocycles. The lowest BCUT2D eigenvalue weighted by Crippen LogP contribution is -3.13. The average molecular weight is 419 g/mol. The van der Waals surface area contributed by atoms with Crippen molar-refractivity contribution in [3.8, 4) is 29.7 Å². The standard InChI is InChI=1S/C24H27N5O2/c1-4-10-31-20-7-6-16(11-21(20)30-3)22-19-13-29(5-2)9-8-17(19)18(12-25)23(28)24(22,14-26)15-27/h6-8,11,18-19,22,28H,4-5,9-10,13H2,1-3H3/p+1/t18-,19+,22+/m1/s1. The molecular formula is C24H28N5O2+. The smallest absolute Gasteiger partial charge is 0.189 e. The highest BCUT2D eigenvalue weighted by molar-refractivity contribution is 6.00. The lowest BCUT2D eigenvalue weighted by atomic mass is 9.54. The number of nitriles is 3. The van der Waals surface area contributed by atoms with Crippen LogP contribution < -0.4 is 14.4 Å². The van der Waals surface area contributed by atoms with Gasteiger partial charge in [0.05, 0.1) is 57.3 Å². The van der Waals surface area contributed by atoms with E-state index in [0.29, 0.717) is 24.7 Å². The topological polar surface area (TPSA) is 118 Å². The second-order valence-corrected chi connectivity index (χ2v) is 8.07. The largest absolute Gasteiger partial charge is 0.493 e. The summed E-state index contributed by atoms with van der Waals surface area (Å²) < 4.78 is 11.3. The predicted octanol–water partition coefficient (Wildman–Crippen LogP) is 2.24. The molecule has 0 radical (unpaired) electrons. The van der Waals surface area contributed by atoms with Gasteiger partial charge in [-0.05, 0) is 42.7 Å². The van der Waals surface area contributed by atoms with Crippen molar-refractivity contribution < 1.29 is 14.4 Å². The van der Waals surface area contributed by atoms with Crippen molar-refractivity contribution in [2.45, 2.75) is 26.2 Å². The number of quaternary nitrogens is 1. The second kappa shape index (κ2) is 9.21. The van der Waals surface area contributed by atoms with Crippen LogP contribution in [0.25, 0.3) is 0 Å². The zero-order chi connectivity index (χ0) is 22.6. The molecule has 1 fully saturated rings. The molecule has 7 heteroatoms. The van der Waals surface area contributed by atoms with Crippen molar-refractivity contribution in [3.63, 3.8) is 0 Å². The third-order valence-corrected chi connectivity index (χ3v) is 6.47. The van der Waals surface area contributed by atoms with Gasteiger partial charge in [0.25, 0.3) is 0 Å². The lowest BCUT2D eigenvalue weighted by Gasteiger charge is -2.46. The minimum atomic E-state index is -1.71. The number of hydrogen-bond donors (Lipinski definition) is 2. The fourth-order valence-corrected chi connectivity index (χ4v) is 4.84. The van der Waals surface area contributed by atoms with Crippen LogP contribution in [0.1, 0.15) is 31.7 Å². The first-order valence-electron chi connectivity index (χ1n) is 10.7. The molecule has 160 valence electrons. The fraction of sp³-hybridized carbons (Fsp3) is 0.500. The summed E-state index contributed by atoms with van der Waals surface area (Å²) in [5, 5.41) is 38.8. The summed E-state index contributed by atoms with van der Waals surface area (Å²) in [4.78, 5) is 1.32. The number of likely N-dealkylation sites (N-methyl/N-ethyl adjacent to an activating group) is 1. The number of methoxy groups -OCH3 is 1. The van der Waals surface area contributed by atoms with Gasteiger partial charge in [-0.2, -0.15) is 15.8 Å². The summed E-state index contributed by atoms with van der Waals surface area (Å²) in [6.45, 7) is 7.06. The monoisotopic (exact) mass is 418 g/mol. The number of fused-ring (bicyclic) bond motifs is 1. The molecular weight excluding hydrogens is 390 g/mol. The number of nitrogens with zero attached hydrogens (tertiary/aromatic N) is 3. The van der Waals surface area contributed by atoms with E-state index in [2.05, 4.69) is 25.1 Å². The molecule has 0 bridgehead atoms. The van der Waals surface area contributed by atoms with Crippen LogP contribution in [0.2, 0.25) is 0 Å². The van der Waals surface area contributed by atoms with E-state index in [1.807, 2.05) is 25.1 Å². The van der Waals surface area contributed by atoms with Crippen molar-refractivity contribution >= 4 is 5.71 Å². The van der Waals surface area contributed by atoms with Gasteiger partial charge in [0, 0.05) is 11.8 Å². The van der Waals surface area contributed by atoms with E-state index in [9.17, 15) is 15.8 Å². The lowest BCUT2D eigenvalue weighted by molar-refractivity contribution is -0.897. The van der Waals surface area contributed by atoms with Gasteiger partial charge in [-0.25, -0.2) is 0 Å². The fourth-order valence-electron chi connectivity index (χ4n) is 4.84. The Balaban J connectivity index is 2.19. The highest BCUT2D eigenvalue weighted by atomic mass is 16.5. The Morgan fingerprint density at radius 2 is 1.94 bits per heavy atom. The Bertz CT molecular complexity index is 996. The number of benzene rings is 1. The van der Waals surface area contributed by atoms with Crippen LogP contribution in [0.15, 0.2) is 29.8 Å². The summed E-state index contributed by atoms with van der Waals surface area (Å²) >= 11 is 0. The molecule has 2 N–H and O–H groups in total. The molecule has 1 aliphatic heterocycles. The van der Waals surface area contributed by atoms with E-state index in [-0.39, 0.29) is 11.6 Å². The van der Waals surface area contributed by atoms with Crippen LogP contribution in [-0.2, 0) is 0 Å². The van der Waals surface area contributed by atoms with Gasteiger partial charge in [-0.3, -0.25) is 0 Å². The summed E-state index contributed by atoms with van der Waals surface area (Å²) in [5.74, 6) is -0.456. The number of rotatable bonds is 6. The second-order valence-electron chi connectivity index (χ2n) is 8.07. The highest BCUT2D eigenvalue weighted by Crippen LogP contribution is 2.53. The Morgan fingerprint density at radius 1 is 1.19 bits per heavy atom. The van der Waals surface area contributed by atoms with Crippen LogP contribution >= 0.6 is 0 Å². The molecule has 1 aromatic rings. The van der Waals surface area contributed by atoms with E-state index >= 15 is 0 Å². The zero-order valence-electron chi connectivity index (χ0n) is 18.2. The van der Waals surface area contributed by atoms with Gasteiger partial charge in [0.1, 0.15) is 5.92 Å². The van der Waals surface area contributed by atoms with Crippen molar-refractivity contribution in [1.29, 1.82) is 21.2 Å². The van der Waals surface area contributed by atoms with Crippen molar-refractivity contribution in [1.82, 2.24) is 0 Å². The molecule has 4 atom stereocenters. The van der Waals surface area contributed by atoms with Gasteiger partial charge < -0.3 is 19.8 Å². The van der Waals surface area contributed by atoms with Gasteiger partial charge in [-0.15, -0.1) is 0 Å². The third kappa shape index (κ3) is 3.65. The predicted molar refractivity (Wildman–Crippen MR) is 115 cm³/mol. The summed E-state index contributed by atoms with van der Waals surface area (Å²) in [5.41, 5.74) is -0.230. The number of nitrogens with one attached hydrogen (secondary N) is 2. The first kappa shape index (κ1) is 22.3. The summed E-state index contributed by atoms with van der Waals surface area (Å²) in [6.07, 6.45) is 2.90. The van der Waals surface area contributed by atoms with E-state index in [1.54, 1.807) is 13.2 Å². The first-order valence-corrected chi connectivity index (χ1v) is 10.7. The molecule has 0 amide bonds. The maximum absolute atomic E-state index is 10.2. The minimum absolute atomic E-state index is 0.127. The SMILES string of the molecule is CCCOc1ccc([C@H]2[C@H]3C[NH+](CC)CC=C3[C@@H](C#N)C(=N)C2(C#N)C#N)cc1OC. The third-order valence-electron chi connectivity index (χ3n) is 6.47. The van der Waals surface area contributed by atoms with Crippen LogP contribution in [0, 0.1) is 56.7 Å². The average Bonchev–Trinajstić information content (AvgIpc) is 2.81. The first-order chi connectivity index (χ1) is 15.0. The summed E-state index contributed by atoms with van der Waals surface area (Å²) in [6, 6.07) is 11.9. The van der Waals surface area contributed by atoms with Crippen LogP contribution in [-0.4, -0.2) is 39.1 Å². The van der Waals surface area contributed by atoms with Crippen LogP contribution in [0.5, 0.6) is 11.5 Å². The molecule has 1 unspecified atom stereocenters. The Hall–Kier alpha value is -3.34. The van der Waals surface area contributed by atoms with Crippen LogP contribution in [0.4, 0.5) is 0 Å². The number of ether oxygens (including phenoxy) is 2. The van der Waals surface area contributed by atoms with Gasteiger partial charge in [0.2, 0.25) is 0 Å². The molecule has 7 nitrogen and oxygen atoms in total. The highest BCUT2D eigenvalue weighted by Gasteiger charge is 2.58. The molecule has 1 aliphatic carbocycles. The molecule has 0 aromatic heterocycles. The van der Waals surface area contributed by atoms with E-state index in [0.717, 1.165) is 30.6 Å². The van der Waals surface area contributed by atoms with E-state index < -0.39 is 17.3 Å². The molecule has 0 spiro atoms. The van der Waals surface area contributed by atoms with Crippen molar-refractivity contribution in [2.75, 3.05) is 33.4 Å². The van der Waals surface area contributed by atoms with E-state index in [4.69, 9.17) is 14.9 Å². The quantitative estimate of drug-likeness (QED) is 0.687.